The van der Waals surface area contributed by atoms with Gasteiger partial charge in [0, 0.05) is 25.5 Å². The fourth-order valence-corrected chi connectivity index (χ4v) is 2.22. The van der Waals surface area contributed by atoms with Crippen LogP contribution in [0.5, 0.6) is 0 Å². The average Bonchev–Trinajstić information content (AvgIpc) is 2.89. The zero-order valence-electron chi connectivity index (χ0n) is 14.0. The van der Waals surface area contributed by atoms with Crippen LogP contribution in [-0.2, 0) is 0 Å². The van der Waals surface area contributed by atoms with Gasteiger partial charge in [-0.3, -0.25) is 5.01 Å². The van der Waals surface area contributed by atoms with Crippen molar-refractivity contribution in [3.05, 3.63) is 18.0 Å². The fourth-order valence-electron chi connectivity index (χ4n) is 2.22. The van der Waals surface area contributed by atoms with Crippen LogP contribution in [0.2, 0.25) is 0 Å². The van der Waals surface area contributed by atoms with Crippen molar-refractivity contribution in [3.63, 3.8) is 0 Å². The van der Waals surface area contributed by atoms with Crippen LogP contribution in [0.25, 0.3) is 0 Å². The second-order valence-corrected chi connectivity index (χ2v) is 4.99. The molecule has 7 nitrogen and oxygen atoms in total. The minimum atomic E-state index is -0.177. The van der Waals surface area contributed by atoms with Crippen LogP contribution in [0.1, 0.15) is 45.2 Å². The van der Waals surface area contributed by atoms with Crippen molar-refractivity contribution < 1.29 is 0 Å². The minimum absolute atomic E-state index is 0.00173. The zero-order valence-corrected chi connectivity index (χ0v) is 14.0. The summed E-state index contributed by atoms with van der Waals surface area (Å²) in [4.78, 5) is 8.81. The molecule has 0 aliphatic carbocycles. The Bertz CT molecular complexity index is 463. The Labute approximate surface area is 133 Å². The highest BCUT2D eigenvalue weighted by atomic mass is 15.5. The summed E-state index contributed by atoms with van der Waals surface area (Å²) in [7, 11) is 1.86. The number of hydrazone groups is 1. The van der Waals surface area contributed by atoms with E-state index in [1.54, 1.807) is 11.2 Å². The highest BCUT2D eigenvalue weighted by Gasteiger charge is 2.27. The first kappa shape index (κ1) is 18.3. The van der Waals surface area contributed by atoms with Crippen LogP contribution in [0, 0.1) is 0 Å². The molecule has 0 saturated heterocycles. The van der Waals surface area contributed by atoms with E-state index in [2.05, 4.69) is 27.3 Å². The molecule has 0 amide bonds. The van der Waals surface area contributed by atoms with E-state index >= 15 is 0 Å². The first-order chi connectivity index (χ1) is 10.7. The van der Waals surface area contributed by atoms with E-state index in [4.69, 9.17) is 11.5 Å². The maximum atomic E-state index is 6.08. The minimum Gasteiger partial charge on any atom is -0.351 e. The molecule has 124 valence electrons. The predicted molar refractivity (Wildman–Crippen MR) is 91.7 cm³/mol. The molecule has 22 heavy (non-hydrogen) atoms. The molecule has 0 saturated carbocycles. The van der Waals surface area contributed by atoms with Crippen molar-refractivity contribution >= 4 is 12.2 Å². The number of nitrogens with two attached hydrogens (primary N) is 2. The van der Waals surface area contributed by atoms with Gasteiger partial charge in [-0.15, -0.1) is 0 Å². The standard InChI is InChI=1S/C13H23N7.C2H6/c1-3-9(4-6-14)18-13-16-7-5-11(19-13)10-8-17-20(2)12(10)15;1-2/h5,7-10,12H,3-4,6,14-15H2,1-2H3,(H,16,18,19);1-2H3. The van der Waals surface area contributed by atoms with Crippen molar-refractivity contribution in [2.75, 3.05) is 18.9 Å². The fraction of sp³-hybridized carbons (Fsp3) is 0.667. The van der Waals surface area contributed by atoms with Crippen molar-refractivity contribution in [2.24, 2.45) is 16.6 Å². The van der Waals surface area contributed by atoms with Gasteiger partial charge < -0.3 is 16.8 Å². The summed E-state index contributed by atoms with van der Waals surface area (Å²) in [5, 5.41) is 9.25. The van der Waals surface area contributed by atoms with Gasteiger partial charge in [0.25, 0.3) is 0 Å². The van der Waals surface area contributed by atoms with Gasteiger partial charge in [0.1, 0.15) is 6.17 Å². The maximum Gasteiger partial charge on any atom is 0.223 e. The van der Waals surface area contributed by atoms with Crippen LogP contribution in [-0.4, -0.2) is 47.0 Å². The van der Waals surface area contributed by atoms with Gasteiger partial charge in [0.2, 0.25) is 5.95 Å². The number of hydrogen-bond acceptors (Lipinski definition) is 7. The topological polar surface area (TPSA) is 105 Å². The third kappa shape index (κ3) is 4.64. The van der Waals surface area contributed by atoms with Crippen LogP contribution >= 0.6 is 0 Å². The van der Waals surface area contributed by atoms with Gasteiger partial charge in [0.05, 0.1) is 11.6 Å². The third-order valence-corrected chi connectivity index (χ3v) is 3.57. The molecule has 1 aliphatic heterocycles. The number of nitrogens with zero attached hydrogens (tertiary/aromatic N) is 4. The molecule has 0 aromatic carbocycles. The lowest BCUT2D eigenvalue weighted by atomic mass is 10.0. The molecule has 2 rings (SSSR count). The summed E-state index contributed by atoms with van der Waals surface area (Å²) in [5.41, 5.74) is 12.6. The molecule has 0 radical (unpaired) electrons. The van der Waals surface area contributed by atoms with Gasteiger partial charge >= 0.3 is 0 Å². The number of anilines is 1. The quantitative estimate of drug-likeness (QED) is 0.732. The van der Waals surface area contributed by atoms with E-state index in [1.165, 1.54) is 0 Å². The molecule has 1 aromatic heterocycles. The molecule has 0 fully saturated rings. The van der Waals surface area contributed by atoms with E-state index < -0.39 is 0 Å². The molecule has 1 aromatic rings. The smallest absolute Gasteiger partial charge is 0.223 e. The van der Waals surface area contributed by atoms with E-state index in [1.807, 2.05) is 33.2 Å². The van der Waals surface area contributed by atoms with Crippen LogP contribution in [0.3, 0.4) is 0 Å². The Morgan fingerprint density at radius 2 is 2.14 bits per heavy atom. The lowest BCUT2D eigenvalue weighted by Gasteiger charge is -2.20. The maximum absolute atomic E-state index is 6.08. The molecular formula is C15H29N7. The Kier molecular flexibility index (Phi) is 7.76. The lowest BCUT2D eigenvalue weighted by molar-refractivity contribution is 0.275. The third-order valence-electron chi connectivity index (χ3n) is 3.57. The van der Waals surface area contributed by atoms with Gasteiger partial charge in [0.15, 0.2) is 0 Å². The number of hydrogen-bond donors (Lipinski definition) is 3. The molecule has 5 N–H and O–H groups in total. The summed E-state index contributed by atoms with van der Waals surface area (Å²) in [6, 6.07) is 2.17. The zero-order chi connectivity index (χ0) is 16.5. The monoisotopic (exact) mass is 307 g/mol. The summed E-state index contributed by atoms with van der Waals surface area (Å²) in [6.45, 7) is 6.77. The summed E-state index contributed by atoms with van der Waals surface area (Å²) >= 11 is 0. The van der Waals surface area contributed by atoms with Crippen molar-refractivity contribution in [1.82, 2.24) is 15.0 Å². The summed E-state index contributed by atoms with van der Waals surface area (Å²) in [5.74, 6) is 0.621. The van der Waals surface area contributed by atoms with E-state index in [0.717, 1.165) is 18.5 Å². The molecule has 3 atom stereocenters. The van der Waals surface area contributed by atoms with Gasteiger partial charge in [-0.1, -0.05) is 20.8 Å². The molecule has 7 heteroatoms. The molecule has 2 heterocycles. The van der Waals surface area contributed by atoms with E-state index in [9.17, 15) is 0 Å². The first-order valence-corrected chi connectivity index (χ1v) is 7.97. The Balaban J connectivity index is 0.00000116. The second kappa shape index (κ2) is 9.32. The number of likely N-dealkylation sites (N-methyl/N-ethyl adjacent to an activating group) is 1. The van der Waals surface area contributed by atoms with Crippen LogP contribution in [0.15, 0.2) is 17.4 Å². The number of nitrogens with one attached hydrogen (secondary N) is 1. The summed E-state index contributed by atoms with van der Waals surface area (Å²) < 4.78 is 0. The van der Waals surface area contributed by atoms with Gasteiger partial charge in [-0.25, -0.2) is 9.97 Å². The normalized spacial score (nSPS) is 21.3. The van der Waals surface area contributed by atoms with Crippen molar-refractivity contribution in [2.45, 2.75) is 51.7 Å². The molecule has 0 spiro atoms. The largest absolute Gasteiger partial charge is 0.351 e. The summed E-state index contributed by atoms with van der Waals surface area (Å²) in [6.07, 6.45) is 5.28. The Morgan fingerprint density at radius 1 is 1.41 bits per heavy atom. The van der Waals surface area contributed by atoms with Crippen LogP contribution in [0.4, 0.5) is 5.95 Å². The highest BCUT2D eigenvalue weighted by molar-refractivity contribution is 5.69. The molecular weight excluding hydrogens is 278 g/mol. The van der Waals surface area contributed by atoms with Gasteiger partial charge in [-0.05, 0) is 25.5 Å². The molecule has 1 aliphatic rings. The average molecular weight is 307 g/mol. The number of rotatable bonds is 6. The predicted octanol–water partition coefficient (Wildman–Crippen LogP) is 1.34. The first-order valence-electron chi connectivity index (χ1n) is 7.97. The molecule has 3 unspecified atom stereocenters. The van der Waals surface area contributed by atoms with Crippen molar-refractivity contribution in [1.29, 1.82) is 0 Å². The Hall–Kier alpha value is -1.73. The second-order valence-electron chi connectivity index (χ2n) is 4.99. The van der Waals surface area contributed by atoms with Gasteiger partial charge in [-0.2, -0.15) is 5.10 Å². The van der Waals surface area contributed by atoms with Crippen molar-refractivity contribution in [3.8, 4) is 0 Å². The van der Waals surface area contributed by atoms with E-state index in [-0.39, 0.29) is 12.1 Å². The van der Waals surface area contributed by atoms with E-state index in [0.29, 0.717) is 18.5 Å². The number of aromatic nitrogens is 2. The molecule has 0 bridgehead atoms. The lowest BCUT2D eigenvalue weighted by Crippen LogP contribution is -2.37. The SMILES string of the molecule is CC.CCC(CCN)Nc1nccc(C2C=NN(C)C2N)n1. The Morgan fingerprint density at radius 3 is 2.68 bits per heavy atom. The highest BCUT2D eigenvalue weighted by Crippen LogP contribution is 2.22. The van der Waals surface area contributed by atoms with Crippen LogP contribution < -0.4 is 16.8 Å².